The third-order valence-corrected chi connectivity index (χ3v) is 6.82. The number of carbonyl (C=O) groups excluding carboxylic acids is 1. The van der Waals surface area contributed by atoms with Crippen molar-refractivity contribution in [2.45, 2.75) is 36.3 Å². The number of carbonyl (C=O) groups is 1. The highest BCUT2D eigenvalue weighted by molar-refractivity contribution is 9.11. The zero-order valence-corrected chi connectivity index (χ0v) is 16.6. The molecule has 0 heterocycles. The van der Waals surface area contributed by atoms with Crippen molar-refractivity contribution < 1.29 is 14.3 Å². The van der Waals surface area contributed by atoms with Crippen LogP contribution >= 0.6 is 39.3 Å². The lowest BCUT2D eigenvalue weighted by atomic mass is 9.91. The smallest absolute Gasteiger partial charge is 0.190 e. The summed E-state index contributed by atoms with van der Waals surface area (Å²) in [5.41, 5.74) is 0.492. The lowest BCUT2D eigenvalue weighted by Crippen LogP contribution is -2.16. The Morgan fingerprint density at radius 2 is 1.91 bits per heavy atom. The Hall–Kier alpha value is -0.390. The fourth-order valence-electron chi connectivity index (χ4n) is 2.83. The van der Waals surface area contributed by atoms with Crippen molar-refractivity contribution in [1.82, 2.24) is 0 Å². The Labute approximate surface area is 155 Å². The molecule has 0 bridgehead atoms. The van der Waals surface area contributed by atoms with Gasteiger partial charge in [-0.2, -0.15) is 0 Å². The van der Waals surface area contributed by atoms with Gasteiger partial charge in [0, 0.05) is 6.07 Å². The normalized spacial score (nSPS) is 16.9. The van der Waals surface area contributed by atoms with Gasteiger partial charge < -0.3 is 9.47 Å². The minimum absolute atomic E-state index is 0.0161. The van der Waals surface area contributed by atoms with Crippen LogP contribution in [-0.4, -0.2) is 29.9 Å². The number of ether oxygens (including phenoxy) is 2. The van der Waals surface area contributed by atoms with E-state index in [1.807, 2.05) is 0 Å². The van der Waals surface area contributed by atoms with E-state index < -0.39 is 0 Å². The van der Waals surface area contributed by atoms with E-state index in [1.54, 1.807) is 23.9 Å². The largest absolute Gasteiger partial charge is 0.496 e. The first-order chi connectivity index (χ1) is 11.1. The first-order valence-corrected chi connectivity index (χ1v) is 10.1. The number of Topliss-reactive ketones (excluding diaryl/α,β-unsaturated/α-hetero) is 1. The van der Waals surface area contributed by atoms with Gasteiger partial charge in [-0.3, -0.25) is 4.79 Å². The Kier molecular flexibility index (Phi) is 7.57. The monoisotopic (exact) mass is 420 g/mol. The molecule has 2 rings (SSSR count). The highest BCUT2D eigenvalue weighted by Crippen LogP contribution is 2.36. The van der Waals surface area contributed by atoms with Crippen molar-refractivity contribution in [3.63, 3.8) is 0 Å². The van der Waals surface area contributed by atoms with Gasteiger partial charge in [0.2, 0.25) is 0 Å². The summed E-state index contributed by atoms with van der Waals surface area (Å²) in [4.78, 5) is 12.7. The molecule has 0 aliphatic heterocycles. The summed E-state index contributed by atoms with van der Waals surface area (Å²) in [5.74, 6) is 2.67. The Morgan fingerprint density at radius 3 is 2.52 bits per heavy atom. The van der Waals surface area contributed by atoms with E-state index in [4.69, 9.17) is 21.1 Å². The standard InChI is InChI=1S/C17H22BrClO3S/c1-21-14-9-13(19)15(22-2)8-12(14)16(20)17(18)23-10-11-6-4-3-5-7-11/h8-9,11,17H,3-7,10H2,1-2H3. The molecule has 1 aromatic carbocycles. The molecule has 0 saturated heterocycles. The number of methoxy groups -OCH3 is 2. The second-order valence-electron chi connectivity index (χ2n) is 5.70. The summed E-state index contributed by atoms with van der Waals surface area (Å²) in [5, 5.41) is 0.432. The molecule has 1 aromatic rings. The molecule has 128 valence electrons. The predicted molar refractivity (Wildman–Crippen MR) is 101 cm³/mol. The predicted octanol–water partition coefficient (Wildman–Crippen LogP) is 5.57. The lowest BCUT2D eigenvalue weighted by Gasteiger charge is -2.22. The van der Waals surface area contributed by atoms with Gasteiger partial charge in [-0.1, -0.05) is 46.8 Å². The summed E-state index contributed by atoms with van der Waals surface area (Å²) in [6, 6.07) is 3.28. The van der Waals surface area contributed by atoms with Crippen molar-refractivity contribution in [2.75, 3.05) is 20.0 Å². The van der Waals surface area contributed by atoms with E-state index in [-0.39, 0.29) is 9.94 Å². The zero-order chi connectivity index (χ0) is 16.8. The highest BCUT2D eigenvalue weighted by atomic mass is 79.9. The number of thioether (sulfide) groups is 1. The molecule has 0 amide bonds. The van der Waals surface area contributed by atoms with E-state index in [9.17, 15) is 4.79 Å². The zero-order valence-electron chi connectivity index (χ0n) is 13.4. The van der Waals surface area contributed by atoms with E-state index >= 15 is 0 Å². The Bertz CT molecular complexity index is 547. The topological polar surface area (TPSA) is 35.5 Å². The molecule has 1 saturated carbocycles. The van der Waals surface area contributed by atoms with Gasteiger partial charge in [-0.15, -0.1) is 11.8 Å². The number of ketones is 1. The molecule has 3 nitrogen and oxygen atoms in total. The van der Waals surface area contributed by atoms with Crippen LogP contribution in [0.2, 0.25) is 5.02 Å². The fraction of sp³-hybridized carbons (Fsp3) is 0.588. The summed E-state index contributed by atoms with van der Waals surface area (Å²) in [7, 11) is 3.07. The number of halogens is 2. The first-order valence-electron chi connectivity index (χ1n) is 7.78. The molecular weight excluding hydrogens is 400 g/mol. The van der Waals surface area contributed by atoms with Gasteiger partial charge in [0.1, 0.15) is 15.7 Å². The second-order valence-corrected chi connectivity index (χ2v) is 8.77. The maximum Gasteiger partial charge on any atom is 0.190 e. The van der Waals surface area contributed by atoms with Crippen LogP contribution in [0.4, 0.5) is 0 Å². The minimum Gasteiger partial charge on any atom is -0.496 e. The maximum absolute atomic E-state index is 12.7. The van der Waals surface area contributed by atoms with Gasteiger partial charge in [-0.05, 0) is 30.6 Å². The number of hydrogen-bond donors (Lipinski definition) is 0. The molecule has 0 radical (unpaired) electrons. The van der Waals surface area contributed by atoms with Crippen LogP contribution < -0.4 is 9.47 Å². The molecule has 1 atom stereocenters. The molecule has 0 N–H and O–H groups in total. The van der Waals surface area contributed by atoms with Crippen LogP contribution in [0, 0.1) is 5.92 Å². The number of alkyl halides is 1. The molecule has 1 unspecified atom stereocenters. The van der Waals surface area contributed by atoms with E-state index in [0.717, 1.165) is 11.7 Å². The van der Waals surface area contributed by atoms with Gasteiger partial charge in [0.15, 0.2) is 5.78 Å². The van der Waals surface area contributed by atoms with E-state index in [1.165, 1.54) is 46.3 Å². The maximum atomic E-state index is 12.7. The minimum atomic E-state index is -0.288. The number of rotatable bonds is 7. The van der Waals surface area contributed by atoms with Gasteiger partial charge in [-0.25, -0.2) is 0 Å². The molecule has 6 heteroatoms. The molecule has 23 heavy (non-hydrogen) atoms. The SMILES string of the molecule is COc1cc(C(=O)C(Br)SCC2CCCCC2)c(OC)cc1Cl. The van der Waals surface area contributed by atoms with Crippen LogP contribution in [0.25, 0.3) is 0 Å². The van der Waals surface area contributed by atoms with Crippen LogP contribution in [0.3, 0.4) is 0 Å². The quantitative estimate of drug-likeness (QED) is 0.425. The Morgan fingerprint density at radius 1 is 1.26 bits per heavy atom. The molecule has 1 aliphatic rings. The van der Waals surface area contributed by atoms with Gasteiger partial charge >= 0.3 is 0 Å². The van der Waals surface area contributed by atoms with E-state index in [0.29, 0.717) is 22.1 Å². The van der Waals surface area contributed by atoms with Crippen molar-refractivity contribution in [3.05, 3.63) is 22.7 Å². The van der Waals surface area contributed by atoms with Crippen molar-refractivity contribution in [2.24, 2.45) is 5.92 Å². The number of benzene rings is 1. The first kappa shape index (κ1) is 18.9. The highest BCUT2D eigenvalue weighted by Gasteiger charge is 2.24. The molecule has 0 spiro atoms. The van der Waals surface area contributed by atoms with E-state index in [2.05, 4.69) is 15.9 Å². The average Bonchev–Trinajstić information content (AvgIpc) is 2.59. The fourth-order valence-corrected chi connectivity index (χ4v) is 4.81. The van der Waals surface area contributed by atoms with Crippen LogP contribution in [0.1, 0.15) is 42.5 Å². The van der Waals surface area contributed by atoms with Crippen LogP contribution in [0.15, 0.2) is 12.1 Å². The summed E-state index contributed by atoms with van der Waals surface area (Å²) >= 11 is 11.3. The number of hydrogen-bond acceptors (Lipinski definition) is 4. The summed E-state index contributed by atoms with van der Waals surface area (Å²) in [6.45, 7) is 0. The van der Waals surface area contributed by atoms with Crippen molar-refractivity contribution >= 4 is 45.1 Å². The average molecular weight is 422 g/mol. The van der Waals surface area contributed by atoms with Crippen LogP contribution in [0.5, 0.6) is 11.5 Å². The van der Waals surface area contributed by atoms with Gasteiger partial charge in [0.25, 0.3) is 0 Å². The third-order valence-electron chi connectivity index (χ3n) is 4.15. The second kappa shape index (κ2) is 9.19. The Balaban J connectivity index is 2.05. The van der Waals surface area contributed by atoms with Crippen molar-refractivity contribution in [3.8, 4) is 11.5 Å². The molecule has 1 aliphatic carbocycles. The summed E-state index contributed by atoms with van der Waals surface area (Å²) < 4.78 is 10.2. The van der Waals surface area contributed by atoms with Crippen molar-refractivity contribution in [1.29, 1.82) is 0 Å². The molecule has 1 fully saturated rings. The lowest BCUT2D eigenvalue weighted by molar-refractivity contribution is 0.101. The summed E-state index contributed by atoms with van der Waals surface area (Å²) in [6.07, 6.45) is 6.53. The van der Waals surface area contributed by atoms with Gasteiger partial charge in [0.05, 0.1) is 24.8 Å². The molecular formula is C17H22BrClO3S. The van der Waals surface area contributed by atoms with Crippen LogP contribution in [-0.2, 0) is 0 Å². The molecule has 0 aromatic heterocycles. The third kappa shape index (κ3) is 5.04.